The van der Waals surface area contributed by atoms with Crippen molar-refractivity contribution in [2.24, 2.45) is 4.99 Å². The lowest BCUT2D eigenvalue weighted by molar-refractivity contribution is 0.179. The van der Waals surface area contributed by atoms with E-state index < -0.39 is 10.0 Å². The molecule has 0 aliphatic heterocycles. The molecule has 0 saturated carbocycles. The number of methoxy groups -OCH3 is 1. The van der Waals surface area contributed by atoms with E-state index in [-0.39, 0.29) is 36.6 Å². The third-order valence-corrected chi connectivity index (χ3v) is 5.05. The van der Waals surface area contributed by atoms with Crippen LogP contribution >= 0.6 is 24.0 Å². The standard InChI is InChI=1S/C17H30N4O3S.HI/c1-6-18-17(21-15(4)12-24-5)19-9-10-20-25(22,23)16-11-13(2)7-8-14(16)3;/h7-8,11,15,20H,6,9-10,12H2,1-5H3,(H2,18,19,21);1H. The molecule has 3 N–H and O–H groups in total. The number of guanidine groups is 1. The van der Waals surface area contributed by atoms with Gasteiger partial charge in [-0.05, 0) is 44.9 Å². The zero-order valence-corrected chi connectivity index (χ0v) is 19.3. The molecule has 1 unspecified atom stereocenters. The van der Waals surface area contributed by atoms with Gasteiger partial charge < -0.3 is 15.4 Å². The molecule has 0 bridgehead atoms. The minimum Gasteiger partial charge on any atom is -0.383 e. The maximum Gasteiger partial charge on any atom is 0.240 e. The molecule has 0 radical (unpaired) electrons. The molecule has 0 aromatic heterocycles. The van der Waals surface area contributed by atoms with Gasteiger partial charge in [0, 0.05) is 26.2 Å². The summed E-state index contributed by atoms with van der Waals surface area (Å²) in [6.07, 6.45) is 0. The molecule has 1 atom stereocenters. The average molecular weight is 498 g/mol. The first kappa shape index (κ1) is 25.1. The van der Waals surface area contributed by atoms with Gasteiger partial charge in [0.2, 0.25) is 10.0 Å². The topological polar surface area (TPSA) is 91.8 Å². The Hall–Kier alpha value is -0.910. The van der Waals surface area contributed by atoms with Gasteiger partial charge in [-0.2, -0.15) is 0 Å². The largest absolute Gasteiger partial charge is 0.383 e. The summed E-state index contributed by atoms with van der Waals surface area (Å²) >= 11 is 0. The van der Waals surface area contributed by atoms with E-state index in [9.17, 15) is 8.42 Å². The highest BCUT2D eigenvalue weighted by Gasteiger charge is 2.16. The number of aliphatic imine (C=N–C) groups is 1. The molecule has 1 aromatic carbocycles. The van der Waals surface area contributed by atoms with Gasteiger partial charge in [-0.25, -0.2) is 13.1 Å². The minimum atomic E-state index is -3.54. The van der Waals surface area contributed by atoms with Crippen molar-refractivity contribution in [2.75, 3.05) is 33.4 Å². The molecule has 0 saturated heterocycles. The summed E-state index contributed by atoms with van der Waals surface area (Å²) in [5.74, 6) is 0.637. The molecule has 1 rings (SSSR count). The Kier molecular flexibility index (Phi) is 12.0. The third kappa shape index (κ3) is 8.65. The normalized spacial score (nSPS) is 13.0. The lowest BCUT2D eigenvalue weighted by Crippen LogP contribution is -2.44. The van der Waals surface area contributed by atoms with Gasteiger partial charge in [-0.15, -0.1) is 24.0 Å². The van der Waals surface area contributed by atoms with E-state index in [1.807, 2.05) is 32.9 Å². The van der Waals surface area contributed by atoms with Crippen molar-refractivity contribution in [3.63, 3.8) is 0 Å². The molecule has 0 fully saturated rings. The Morgan fingerprint density at radius 2 is 2.00 bits per heavy atom. The summed E-state index contributed by atoms with van der Waals surface area (Å²) in [6, 6.07) is 5.49. The first-order valence-corrected chi connectivity index (χ1v) is 9.89. The number of rotatable bonds is 9. The van der Waals surface area contributed by atoms with Gasteiger partial charge in [-0.1, -0.05) is 12.1 Å². The number of ether oxygens (including phenoxy) is 1. The highest BCUT2D eigenvalue weighted by Crippen LogP contribution is 2.16. The van der Waals surface area contributed by atoms with E-state index in [1.165, 1.54) is 0 Å². The summed E-state index contributed by atoms with van der Waals surface area (Å²) in [7, 11) is -1.89. The van der Waals surface area contributed by atoms with E-state index in [4.69, 9.17) is 4.74 Å². The lowest BCUT2D eigenvalue weighted by atomic mass is 10.2. The third-order valence-electron chi connectivity index (χ3n) is 3.45. The molecule has 150 valence electrons. The number of hydrogen-bond acceptors (Lipinski definition) is 4. The Labute approximate surface area is 174 Å². The fourth-order valence-electron chi connectivity index (χ4n) is 2.27. The molecular formula is C17H31IN4O3S. The van der Waals surface area contributed by atoms with E-state index in [0.717, 1.165) is 17.7 Å². The molecule has 26 heavy (non-hydrogen) atoms. The van der Waals surface area contributed by atoms with Crippen LogP contribution in [-0.2, 0) is 14.8 Å². The van der Waals surface area contributed by atoms with Crippen molar-refractivity contribution < 1.29 is 13.2 Å². The van der Waals surface area contributed by atoms with Gasteiger partial charge in [0.1, 0.15) is 0 Å². The number of aryl methyl sites for hydroxylation is 2. The van der Waals surface area contributed by atoms with Crippen LogP contribution in [0.5, 0.6) is 0 Å². The second kappa shape index (κ2) is 12.5. The molecular weight excluding hydrogens is 467 g/mol. The summed E-state index contributed by atoms with van der Waals surface area (Å²) in [5.41, 5.74) is 1.64. The van der Waals surface area contributed by atoms with Crippen molar-refractivity contribution in [1.82, 2.24) is 15.4 Å². The SMILES string of the molecule is CCNC(=NCCNS(=O)(=O)c1cc(C)ccc1C)NC(C)COC.I. The average Bonchev–Trinajstić information content (AvgIpc) is 2.54. The summed E-state index contributed by atoms with van der Waals surface area (Å²) < 4.78 is 32.6. The quantitative estimate of drug-likeness (QED) is 0.209. The molecule has 0 heterocycles. The first-order chi connectivity index (χ1) is 11.8. The fourth-order valence-corrected chi connectivity index (χ4v) is 3.62. The van der Waals surface area contributed by atoms with Gasteiger partial charge >= 0.3 is 0 Å². The van der Waals surface area contributed by atoms with Gasteiger partial charge in [0.25, 0.3) is 0 Å². The second-order valence-electron chi connectivity index (χ2n) is 5.93. The fraction of sp³-hybridized carbons (Fsp3) is 0.588. The molecule has 0 aliphatic rings. The smallest absolute Gasteiger partial charge is 0.240 e. The maximum absolute atomic E-state index is 12.4. The predicted octanol–water partition coefficient (Wildman–Crippen LogP) is 1.79. The molecule has 0 spiro atoms. The Morgan fingerprint density at radius 3 is 2.62 bits per heavy atom. The minimum absolute atomic E-state index is 0. The van der Waals surface area contributed by atoms with Crippen LogP contribution in [0.15, 0.2) is 28.1 Å². The van der Waals surface area contributed by atoms with Crippen molar-refractivity contribution >= 4 is 40.0 Å². The summed E-state index contributed by atoms with van der Waals surface area (Å²) in [6.45, 7) is 9.46. The van der Waals surface area contributed by atoms with Crippen LogP contribution in [0.2, 0.25) is 0 Å². The van der Waals surface area contributed by atoms with Crippen molar-refractivity contribution in [3.8, 4) is 0 Å². The monoisotopic (exact) mass is 498 g/mol. The van der Waals surface area contributed by atoms with Crippen LogP contribution in [0.25, 0.3) is 0 Å². The highest BCUT2D eigenvalue weighted by atomic mass is 127. The highest BCUT2D eigenvalue weighted by molar-refractivity contribution is 14.0. The Balaban J connectivity index is 0.00000625. The van der Waals surface area contributed by atoms with Crippen LogP contribution in [0, 0.1) is 13.8 Å². The predicted molar refractivity (Wildman–Crippen MR) is 117 cm³/mol. The van der Waals surface area contributed by atoms with Crippen LogP contribution in [0.1, 0.15) is 25.0 Å². The number of benzene rings is 1. The number of sulfonamides is 1. The van der Waals surface area contributed by atoms with Crippen LogP contribution < -0.4 is 15.4 Å². The van der Waals surface area contributed by atoms with Crippen LogP contribution in [0.4, 0.5) is 0 Å². The van der Waals surface area contributed by atoms with Crippen LogP contribution in [-0.4, -0.2) is 53.8 Å². The van der Waals surface area contributed by atoms with E-state index in [1.54, 1.807) is 20.1 Å². The van der Waals surface area contributed by atoms with Gasteiger partial charge in [-0.3, -0.25) is 4.99 Å². The Bertz CT molecular complexity index is 681. The van der Waals surface area contributed by atoms with Crippen molar-refractivity contribution in [2.45, 2.75) is 38.6 Å². The Morgan fingerprint density at radius 1 is 1.31 bits per heavy atom. The zero-order valence-electron chi connectivity index (χ0n) is 16.1. The maximum atomic E-state index is 12.4. The van der Waals surface area contributed by atoms with Gasteiger partial charge in [0.15, 0.2) is 5.96 Å². The molecule has 7 nitrogen and oxygen atoms in total. The number of halogens is 1. The van der Waals surface area contributed by atoms with E-state index >= 15 is 0 Å². The summed E-state index contributed by atoms with van der Waals surface area (Å²) in [4.78, 5) is 4.70. The molecule has 0 amide bonds. The number of nitrogens with one attached hydrogen (secondary N) is 3. The van der Waals surface area contributed by atoms with E-state index in [2.05, 4.69) is 20.3 Å². The first-order valence-electron chi connectivity index (χ1n) is 8.40. The van der Waals surface area contributed by atoms with Crippen molar-refractivity contribution in [1.29, 1.82) is 0 Å². The molecule has 9 heteroatoms. The van der Waals surface area contributed by atoms with Crippen molar-refractivity contribution in [3.05, 3.63) is 29.3 Å². The van der Waals surface area contributed by atoms with Crippen LogP contribution in [0.3, 0.4) is 0 Å². The number of hydrogen-bond donors (Lipinski definition) is 3. The lowest BCUT2D eigenvalue weighted by Gasteiger charge is -2.17. The van der Waals surface area contributed by atoms with Gasteiger partial charge in [0.05, 0.1) is 18.0 Å². The molecule has 1 aromatic rings. The second-order valence-corrected chi connectivity index (χ2v) is 7.66. The number of nitrogens with zero attached hydrogens (tertiary/aromatic N) is 1. The van der Waals surface area contributed by atoms with E-state index in [0.29, 0.717) is 24.0 Å². The summed E-state index contributed by atoms with van der Waals surface area (Å²) in [5, 5.41) is 6.33. The molecule has 0 aliphatic carbocycles. The zero-order chi connectivity index (χ0) is 18.9.